The second-order valence-corrected chi connectivity index (χ2v) is 4.97. The number of benzene rings is 1. The van der Waals surface area contributed by atoms with Crippen LogP contribution in [0.15, 0.2) is 18.2 Å². The molecule has 0 radical (unpaired) electrons. The summed E-state index contributed by atoms with van der Waals surface area (Å²) in [4.78, 5) is 0. The Bertz CT molecular complexity index is 396. The molecule has 1 aromatic rings. The lowest BCUT2D eigenvalue weighted by Gasteiger charge is -2.19. The molecule has 2 heteroatoms. The Kier molecular flexibility index (Phi) is 1.91. The number of β-amino-alcohol motifs (C(OH)–C–C–N with tert-alkyl or cyclic N) is 1. The number of hydrogen-bond acceptors (Lipinski definition) is 2. The molecule has 0 bridgehead atoms. The fraction of sp³-hybridized carbons (Fsp3) is 0.538. The number of rotatable bonds is 0. The smallest absolute Gasteiger partial charge is 0.0917 e. The van der Waals surface area contributed by atoms with Crippen molar-refractivity contribution in [1.82, 2.24) is 5.32 Å². The van der Waals surface area contributed by atoms with Crippen LogP contribution in [0, 0.1) is 6.92 Å². The maximum Gasteiger partial charge on any atom is 0.0917 e. The summed E-state index contributed by atoms with van der Waals surface area (Å²) in [6.45, 7) is 3.89. The lowest BCUT2D eigenvalue weighted by atomic mass is 9.87. The molecule has 15 heavy (non-hydrogen) atoms. The summed E-state index contributed by atoms with van der Waals surface area (Å²) in [5.41, 5.74) is 4.26. The minimum absolute atomic E-state index is 0.333. The molecule has 1 aliphatic heterocycles. The van der Waals surface area contributed by atoms with Gasteiger partial charge >= 0.3 is 0 Å². The zero-order valence-electron chi connectivity index (χ0n) is 9.09. The van der Waals surface area contributed by atoms with Crippen molar-refractivity contribution in [1.29, 1.82) is 0 Å². The van der Waals surface area contributed by atoms with Crippen molar-refractivity contribution in [3.05, 3.63) is 34.9 Å². The zero-order valence-corrected chi connectivity index (χ0v) is 9.09. The fourth-order valence-electron chi connectivity index (χ4n) is 2.92. The van der Waals surface area contributed by atoms with E-state index in [2.05, 4.69) is 30.4 Å². The predicted molar refractivity (Wildman–Crippen MR) is 59.9 cm³/mol. The molecular formula is C13H17NO. The average Bonchev–Trinajstić information content (AvgIpc) is 2.99. The third-order valence-electron chi connectivity index (χ3n) is 3.85. The van der Waals surface area contributed by atoms with Crippen LogP contribution in [0.4, 0.5) is 0 Å². The van der Waals surface area contributed by atoms with Gasteiger partial charge in [0.25, 0.3) is 0 Å². The van der Waals surface area contributed by atoms with Crippen molar-refractivity contribution in [2.45, 2.75) is 31.3 Å². The van der Waals surface area contributed by atoms with Crippen molar-refractivity contribution < 1.29 is 5.11 Å². The normalized spacial score (nSPS) is 27.2. The van der Waals surface area contributed by atoms with Gasteiger partial charge in [0.2, 0.25) is 0 Å². The van der Waals surface area contributed by atoms with Gasteiger partial charge in [-0.15, -0.1) is 0 Å². The van der Waals surface area contributed by atoms with Crippen molar-refractivity contribution >= 4 is 0 Å². The lowest BCUT2D eigenvalue weighted by Crippen LogP contribution is -2.26. The average molecular weight is 203 g/mol. The molecule has 0 saturated heterocycles. The molecule has 1 spiro atoms. The highest BCUT2D eigenvalue weighted by molar-refractivity contribution is 5.46. The number of aliphatic hydroxyl groups excluding tert-OH is 1. The molecule has 0 amide bonds. The first-order valence-electron chi connectivity index (χ1n) is 5.72. The van der Waals surface area contributed by atoms with Crippen LogP contribution in [0.1, 0.15) is 35.6 Å². The predicted octanol–water partition coefficient (Wildman–Crippen LogP) is 1.66. The monoisotopic (exact) mass is 203 g/mol. The minimum atomic E-state index is -0.333. The van der Waals surface area contributed by atoms with E-state index in [9.17, 15) is 5.11 Å². The van der Waals surface area contributed by atoms with Gasteiger partial charge in [-0.3, -0.25) is 0 Å². The largest absolute Gasteiger partial charge is 0.387 e. The van der Waals surface area contributed by atoms with Gasteiger partial charge in [0, 0.05) is 18.5 Å². The van der Waals surface area contributed by atoms with Crippen molar-refractivity contribution in [3.63, 3.8) is 0 Å². The van der Waals surface area contributed by atoms with Crippen LogP contribution < -0.4 is 5.32 Å². The van der Waals surface area contributed by atoms with E-state index in [0.717, 1.165) is 12.1 Å². The van der Waals surface area contributed by atoms with Gasteiger partial charge < -0.3 is 10.4 Å². The Morgan fingerprint density at radius 1 is 1.40 bits per heavy atom. The molecule has 1 aliphatic carbocycles. The first kappa shape index (κ1) is 9.37. The number of aliphatic hydroxyl groups is 1. The molecule has 1 aromatic carbocycles. The lowest BCUT2D eigenvalue weighted by molar-refractivity contribution is 0.178. The van der Waals surface area contributed by atoms with Crippen LogP contribution in [-0.2, 0) is 5.41 Å². The van der Waals surface area contributed by atoms with Crippen LogP contribution in [0.5, 0.6) is 0 Å². The number of hydrogen-bond donors (Lipinski definition) is 2. The molecule has 1 heterocycles. The maximum atomic E-state index is 10.1. The van der Waals surface area contributed by atoms with E-state index in [1.807, 2.05) is 0 Å². The standard InChI is InChI=1S/C13H17NO/c1-9-3-2-4-10-11(15)7-14-8-13(5-6-13)12(9)10/h2-4,11,14-15H,5-8H2,1H3. The van der Waals surface area contributed by atoms with Crippen LogP contribution in [0.3, 0.4) is 0 Å². The van der Waals surface area contributed by atoms with E-state index in [4.69, 9.17) is 0 Å². The highest BCUT2D eigenvalue weighted by atomic mass is 16.3. The summed E-state index contributed by atoms with van der Waals surface area (Å²) < 4.78 is 0. The maximum absolute atomic E-state index is 10.1. The molecule has 1 atom stereocenters. The molecule has 2 aliphatic rings. The number of fused-ring (bicyclic) bond motifs is 2. The highest BCUT2D eigenvalue weighted by Gasteiger charge is 2.47. The molecular weight excluding hydrogens is 186 g/mol. The summed E-state index contributed by atoms with van der Waals surface area (Å²) in [6.07, 6.45) is 2.20. The Labute approximate surface area is 90.3 Å². The van der Waals surface area contributed by atoms with E-state index < -0.39 is 0 Å². The summed E-state index contributed by atoms with van der Waals surface area (Å²) in [6, 6.07) is 6.30. The number of nitrogens with one attached hydrogen (secondary N) is 1. The Hall–Kier alpha value is -0.860. The summed E-state index contributed by atoms with van der Waals surface area (Å²) in [5.74, 6) is 0. The van der Waals surface area contributed by atoms with Crippen molar-refractivity contribution in [3.8, 4) is 0 Å². The SMILES string of the molecule is Cc1cccc2c1C1(CC1)CNCC2O. The third kappa shape index (κ3) is 1.32. The Balaban J connectivity index is 2.20. The highest BCUT2D eigenvalue weighted by Crippen LogP contribution is 2.51. The van der Waals surface area contributed by atoms with Crippen LogP contribution in [0.2, 0.25) is 0 Å². The van der Waals surface area contributed by atoms with Gasteiger partial charge in [0.1, 0.15) is 0 Å². The molecule has 2 N–H and O–H groups in total. The van der Waals surface area contributed by atoms with Gasteiger partial charge in [-0.1, -0.05) is 18.2 Å². The summed E-state index contributed by atoms with van der Waals surface area (Å²) >= 11 is 0. The van der Waals surface area contributed by atoms with Gasteiger partial charge in [0.15, 0.2) is 0 Å². The molecule has 1 saturated carbocycles. The molecule has 0 aromatic heterocycles. The molecule has 1 unspecified atom stereocenters. The fourth-order valence-corrected chi connectivity index (χ4v) is 2.92. The van der Waals surface area contributed by atoms with Crippen LogP contribution in [-0.4, -0.2) is 18.2 Å². The van der Waals surface area contributed by atoms with E-state index in [0.29, 0.717) is 12.0 Å². The third-order valence-corrected chi connectivity index (χ3v) is 3.85. The Morgan fingerprint density at radius 3 is 2.93 bits per heavy atom. The Morgan fingerprint density at radius 2 is 2.20 bits per heavy atom. The van der Waals surface area contributed by atoms with E-state index >= 15 is 0 Å². The minimum Gasteiger partial charge on any atom is -0.387 e. The van der Waals surface area contributed by atoms with Gasteiger partial charge in [-0.05, 0) is 36.5 Å². The van der Waals surface area contributed by atoms with Crippen molar-refractivity contribution in [2.24, 2.45) is 0 Å². The molecule has 2 nitrogen and oxygen atoms in total. The van der Waals surface area contributed by atoms with E-state index in [1.165, 1.54) is 24.0 Å². The topological polar surface area (TPSA) is 32.3 Å². The van der Waals surface area contributed by atoms with Gasteiger partial charge in [-0.2, -0.15) is 0 Å². The molecule has 3 rings (SSSR count). The summed E-state index contributed by atoms with van der Waals surface area (Å²) in [7, 11) is 0. The quantitative estimate of drug-likeness (QED) is 0.672. The molecule has 80 valence electrons. The van der Waals surface area contributed by atoms with Gasteiger partial charge in [0.05, 0.1) is 6.10 Å². The molecule has 1 fully saturated rings. The second-order valence-electron chi connectivity index (χ2n) is 4.97. The van der Waals surface area contributed by atoms with E-state index in [1.54, 1.807) is 0 Å². The van der Waals surface area contributed by atoms with Crippen LogP contribution >= 0.6 is 0 Å². The second kappa shape index (κ2) is 3.06. The van der Waals surface area contributed by atoms with Crippen LogP contribution in [0.25, 0.3) is 0 Å². The first-order valence-corrected chi connectivity index (χ1v) is 5.72. The van der Waals surface area contributed by atoms with E-state index in [-0.39, 0.29) is 6.10 Å². The first-order chi connectivity index (χ1) is 7.23. The summed E-state index contributed by atoms with van der Waals surface area (Å²) in [5, 5.41) is 13.4. The van der Waals surface area contributed by atoms with Gasteiger partial charge in [-0.25, -0.2) is 0 Å². The number of aryl methyl sites for hydroxylation is 1. The van der Waals surface area contributed by atoms with Crippen molar-refractivity contribution in [2.75, 3.05) is 13.1 Å². The zero-order chi connectivity index (χ0) is 10.5.